The Morgan fingerprint density at radius 1 is 1.03 bits per heavy atom. The maximum atomic E-state index is 13.5. The van der Waals surface area contributed by atoms with Crippen molar-refractivity contribution in [3.05, 3.63) is 119 Å². The fraction of sp³-hybridized carbons (Fsp3) is 0.0385. The van der Waals surface area contributed by atoms with Gasteiger partial charge in [0.25, 0.3) is 11.9 Å². The number of carbonyl (C=O) groups is 1. The number of hydrogen-bond donors (Lipinski definition) is 2. The highest BCUT2D eigenvalue weighted by Crippen LogP contribution is 2.33. The van der Waals surface area contributed by atoms with Crippen LogP contribution in [0.5, 0.6) is 0 Å². The zero-order chi connectivity index (χ0) is 23.5. The van der Waals surface area contributed by atoms with Crippen molar-refractivity contribution in [3.8, 4) is 0 Å². The lowest BCUT2D eigenvalue weighted by Gasteiger charge is -2.24. The normalized spacial score (nSPS) is 14.9. The van der Waals surface area contributed by atoms with Crippen LogP contribution < -0.4 is 10.6 Å². The third-order valence-electron chi connectivity index (χ3n) is 5.29. The maximum absolute atomic E-state index is 13.5. The van der Waals surface area contributed by atoms with E-state index in [1.165, 1.54) is 18.2 Å². The van der Waals surface area contributed by atoms with Crippen molar-refractivity contribution in [2.24, 2.45) is 0 Å². The highest BCUT2D eigenvalue weighted by atomic mass is 35.5. The minimum atomic E-state index is -0.361. The Morgan fingerprint density at radius 2 is 1.76 bits per heavy atom. The van der Waals surface area contributed by atoms with E-state index in [9.17, 15) is 9.18 Å². The minimum Gasteiger partial charge on any atom is -0.324 e. The summed E-state index contributed by atoms with van der Waals surface area (Å²) in [4.78, 5) is 16.9. The summed E-state index contributed by atoms with van der Waals surface area (Å²) in [7, 11) is 0. The molecule has 0 saturated heterocycles. The number of amides is 1. The summed E-state index contributed by atoms with van der Waals surface area (Å²) in [6.07, 6.45) is 5.11. The van der Waals surface area contributed by atoms with Crippen LogP contribution in [0.3, 0.4) is 0 Å². The Kier molecular flexibility index (Phi) is 5.93. The molecule has 1 atom stereocenters. The largest absolute Gasteiger partial charge is 0.324 e. The molecular weight excluding hydrogens is 453 g/mol. The van der Waals surface area contributed by atoms with Gasteiger partial charge in [0.15, 0.2) is 0 Å². The third-order valence-corrected chi connectivity index (χ3v) is 5.55. The third kappa shape index (κ3) is 4.74. The van der Waals surface area contributed by atoms with Crippen LogP contribution in [-0.2, 0) is 4.79 Å². The number of nitrogens with one attached hydrogen (secondary N) is 2. The van der Waals surface area contributed by atoms with Gasteiger partial charge in [-0.15, -0.1) is 5.10 Å². The van der Waals surface area contributed by atoms with Crippen LogP contribution in [0.2, 0.25) is 5.02 Å². The topological polar surface area (TPSA) is 71.8 Å². The van der Waals surface area contributed by atoms with Crippen molar-refractivity contribution >= 4 is 41.2 Å². The quantitative estimate of drug-likeness (QED) is 0.362. The van der Waals surface area contributed by atoms with Gasteiger partial charge in [-0.2, -0.15) is 4.98 Å². The molecule has 168 valence electrons. The number of anilines is 2. The van der Waals surface area contributed by atoms with Crippen LogP contribution in [0.4, 0.5) is 16.3 Å². The molecule has 0 spiro atoms. The summed E-state index contributed by atoms with van der Waals surface area (Å²) in [6.45, 7) is 0. The van der Waals surface area contributed by atoms with Crippen LogP contribution in [0, 0.1) is 5.82 Å². The average molecular weight is 472 g/mol. The summed E-state index contributed by atoms with van der Waals surface area (Å²) < 4.78 is 15.2. The van der Waals surface area contributed by atoms with E-state index in [0.29, 0.717) is 11.0 Å². The lowest BCUT2D eigenvalue weighted by molar-refractivity contribution is -0.111. The zero-order valence-electron chi connectivity index (χ0n) is 17.8. The Bertz CT molecular complexity index is 1380. The first-order chi connectivity index (χ1) is 16.5. The predicted molar refractivity (Wildman–Crippen MR) is 132 cm³/mol. The van der Waals surface area contributed by atoms with Crippen LogP contribution >= 0.6 is 11.6 Å². The van der Waals surface area contributed by atoms with Crippen molar-refractivity contribution in [2.45, 2.75) is 6.04 Å². The molecule has 2 heterocycles. The molecule has 3 aromatic carbocycles. The first-order valence-electron chi connectivity index (χ1n) is 10.6. The van der Waals surface area contributed by atoms with E-state index in [-0.39, 0.29) is 23.7 Å². The Labute approximate surface area is 200 Å². The molecule has 34 heavy (non-hydrogen) atoms. The molecule has 4 aromatic rings. The molecule has 6 nitrogen and oxygen atoms in total. The van der Waals surface area contributed by atoms with Crippen LogP contribution in [0.1, 0.15) is 22.7 Å². The zero-order valence-corrected chi connectivity index (χ0v) is 18.6. The van der Waals surface area contributed by atoms with Gasteiger partial charge < -0.3 is 5.32 Å². The standard InChI is InChI=1S/C26H19ClFN5O/c27-20-11-7-18(8-12-20)22-16-23(19-9-13-21(28)14-10-19)33-26(29-22)31-25(32-33)30-24(34)15-6-17-4-2-1-3-5-17/h1-16,23H,(H2,29,30,31,32,34). The van der Waals surface area contributed by atoms with E-state index >= 15 is 0 Å². The first-order valence-corrected chi connectivity index (χ1v) is 10.9. The molecular formula is C26H19ClFN5O. The second-order valence-electron chi connectivity index (χ2n) is 7.65. The highest BCUT2D eigenvalue weighted by molar-refractivity contribution is 6.30. The summed E-state index contributed by atoms with van der Waals surface area (Å²) in [5, 5.41) is 11.1. The SMILES string of the molecule is O=C(C=Cc1ccccc1)Nc1nc2n(n1)C(c1ccc(F)cc1)C=C(c1ccc(Cl)cc1)N2. The lowest BCUT2D eigenvalue weighted by atomic mass is 10.0. The van der Waals surface area contributed by atoms with E-state index < -0.39 is 0 Å². The lowest BCUT2D eigenvalue weighted by Crippen LogP contribution is -2.20. The number of fused-ring (bicyclic) bond motifs is 1. The van der Waals surface area contributed by atoms with E-state index in [0.717, 1.165) is 22.4 Å². The molecule has 1 aliphatic heterocycles. The van der Waals surface area contributed by atoms with Gasteiger partial charge in [0, 0.05) is 16.8 Å². The fourth-order valence-electron chi connectivity index (χ4n) is 3.63. The average Bonchev–Trinajstić information content (AvgIpc) is 3.26. The van der Waals surface area contributed by atoms with Crippen LogP contribution in [0.25, 0.3) is 11.8 Å². The summed E-state index contributed by atoms with van der Waals surface area (Å²) in [5.74, 6) is -0.0697. The molecule has 0 radical (unpaired) electrons. The monoisotopic (exact) mass is 471 g/mol. The van der Waals surface area contributed by atoms with Gasteiger partial charge in [-0.3, -0.25) is 10.1 Å². The minimum absolute atomic E-state index is 0.156. The number of allylic oxidation sites excluding steroid dienone is 1. The highest BCUT2D eigenvalue weighted by Gasteiger charge is 2.25. The van der Waals surface area contributed by atoms with Crippen LogP contribution in [-0.4, -0.2) is 20.7 Å². The molecule has 1 unspecified atom stereocenters. The number of benzene rings is 3. The molecule has 0 bridgehead atoms. The summed E-state index contributed by atoms with van der Waals surface area (Å²) in [6, 6.07) is 22.8. The maximum Gasteiger partial charge on any atom is 0.250 e. The van der Waals surface area contributed by atoms with Gasteiger partial charge in [0.2, 0.25) is 5.95 Å². The molecule has 0 aliphatic carbocycles. The number of carbonyl (C=O) groups excluding carboxylic acids is 1. The molecule has 8 heteroatoms. The number of hydrogen-bond acceptors (Lipinski definition) is 4. The van der Waals surface area contributed by atoms with Gasteiger partial charge in [-0.05, 0) is 53.1 Å². The molecule has 1 amide bonds. The Hall–Kier alpha value is -4.23. The van der Waals surface area contributed by atoms with Gasteiger partial charge in [0.1, 0.15) is 11.9 Å². The molecule has 1 aromatic heterocycles. The molecule has 0 saturated carbocycles. The smallest absolute Gasteiger partial charge is 0.250 e. The second-order valence-corrected chi connectivity index (χ2v) is 8.08. The number of halogens is 2. The second kappa shape index (κ2) is 9.33. The summed E-state index contributed by atoms with van der Waals surface area (Å²) >= 11 is 6.04. The van der Waals surface area contributed by atoms with Crippen molar-refractivity contribution in [3.63, 3.8) is 0 Å². The molecule has 2 N–H and O–H groups in total. The predicted octanol–water partition coefficient (Wildman–Crippen LogP) is 5.78. The van der Waals surface area contributed by atoms with Gasteiger partial charge in [0.05, 0.1) is 0 Å². The van der Waals surface area contributed by atoms with E-state index in [2.05, 4.69) is 20.7 Å². The van der Waals surface area contributed by atoms with E-state index in [1.54, 1.807) is 35.0 Å². The summed E-state index contributed by atoms with van der Waals surface area (Å²) in [5.41, 5.74) is 3.43. The van der Waals surface area contributed by atoms with Crippen molar-refractivity contribution in [2.75, 3.05) is 10.6 Å². The van der Waals surface area contributed by atoms with Crippen molar-refractivity contribution in [1.29, 1.82) is 0 Å². The van der Waals surface area contributed by atoms with Crippen molar-refractivity contribution in [1.82, 2.24) is 14.8 Å². The van der Waals surface area contributed by atoms with Gasteiger partial charge >= 0.3 is 0 Å². The first kappa shape index (κ1) is 21.6. The Morgan fingerprint density at radius 3 is 2.50 bits per heavy atom. The number of rotatable bonds is 5. The number of aromatic nitrogens is 3. The molecule has 5 rings (SSSR count). The number of nitrogens with zero attached hydrogens (tertiary/aromatic N) is 3. The van der Waals surface area contributed by atoms with Gasteiger partial charge in [-0.25, -0.2) is 9.07 Å². The molecule has 1 aliphatic rings. The Balaban J connectivity index is 1.44. The molecule has 0 fully saturated rings. The van der Waals surface area contributed by atoms with Crippen LogP contribution in [0.15, 0.2) is 91.0 Å². The fourth-order valence-corrected chi connectivity index (χ4v) is 3.76. The van der Waals surface area contributed by atoms with Gasteiger partial charge in [-0.1, -0.05) is 66.2 Å². The van der Waals surface area contributed by atoms with E-state index in [4.69, 9.17) is 11.6 Å². The van der Waals surface area contributed by atoms with E-state index in [1.807, 2.05) is 48.5 Å². The van der Waals surface area contributed by atoms with Crippen molar-refractivity contribution < 1.29 is 9.18 Å².